The SMILES string of the molecule is C[C@H](NC(=O)NC1CCN2CCCCC12)C(=O)O. The molecule has 102 valence electrons. The van der Waals surface area contributed by atoms with E-state index in [9.17, 15) is 9.59 Å². The highest BCUT2D eigenvalue weighted by Gasteiger charge is 2.36. The second kappa shape index (κ2) is 5.56. The number of carboxylic acids is 1. The van der Waals surface area contributed by atoms with Gasteiger partial charge in [-0.05, 0) is 32.7 Å². The molecule has 2 amide bonds. The number of amides is 2. The second-order valence-corrected chi connectivity index (χ2v) is 5.17. The van der Waals surface area contributed by atoms with Gasteiger partial charge in [0.25, 0.3) is 0 Å². The van der Waals surface area contributed by atoms with E-state index in [2.05, 4.69) is 15.5 Å². The summed E-state index contributed by atoms with van der Waals surface area (Å²) in [5, 5.41) is 14.1. The van der Waals surface area contributed by atoms with Crippen LogP contribution in [0.25, 0.3) is 0 Å². The zero-order chi connectivity index (χ0) is 13.1. The lowest BCUT2D eigenvalue weighted by atomic mass is 9.99. The highest BCUT2D eigenvalue weighted by molar-refractivity contribution is 5.82. The summed E-state index contributed by atoms with van der Waals surface area (Å²) in [4.78, 5) is 24.8. The summed E-state index contributed by atoms with van der Waals surface area (Å²) in [5.41, 5.74) is 0. The molecule has 2 heterocycles. The van der Waals surface area contributed by atoms with Gasteiger partial charge in [-0.2, -0.15) is 0 Å². The fraction of sp³-hybridized carbons (Fsp3) is 0.833. The van der Waals surface area contributed by atoms with Crippen molar-refractivity contribution in [3.8, 4) is 0 Å². The highest BCUT2D eigenvalue weighted by atomic mass is 16.4. The molecule has 2 unspecified atom stereocenters. The second-order valence-electron chi connectivity index (χ2n) is 5.17. The number of piperidine rings is 1. The van der Waals surface area contributed by atoms with Gasteiger partial charge in [0.05, 0.1) is 0 Å². The lowest BCUT2D eigenvalue weighted by molar-refractivity contribution is -0.138. The van der Waals surface area contributed by atoms with Gasteiger partial charge >= 0.3 is 12.0 Å². The van der Waals surface area contributed by atoms with Gasteiger partial charge in [-0.25, -0.2) is 4.79 Å². The van der Waals surface area contributed by atoms with Crippen molar-refractivity contribution in [1.29, 1.82) is 0 Å². The Morgan fingerprint density at radius 1 is 1.28 bits per heavy atom. The molecule has 3 N–H and O–H groups in total. The van der Waals surface area contributed by atoms with Gasteiger partial charge in [-0.1, -0.05) is 6.42 Å². The predicted octanol–water partition coefficient (Wildman–Crippen LogP) is 0.386. The molecular weight excluding hydrogens is 234 g/mol. The van der Waals surface area contributed by atoms with E-state index in [4.69, 9.17) is 5.11 Å². The van der Waals surface area contributed by atoms with Crippen molar-refractivity contribution in [3.63, 3.8) is 0 Å². The van der Waals surface area contributed by atoms with Crippen LogP contribution in [0.3, 0.4) is 0 Å². The van der Waals surface area contributed by atoms with Gasteiger partial charge in [-0.3, -0.25) is 9.69 Å². The molecule has 2 aliphatic heterocycles. The van der Waals surface area contributed by atoms with Crippen molar-refractivity contribution in [3.05, 3.63) is 0 Å². The van der Waals surface area contributed by atoms with Gasteiger partial charge in [0.2, 0.25) is 0 Å². The fourth-order valence-corrected chi connectivity index (χ4v) is 2.88. The molecule has 0 bridgehead atoms. The molecule has 3 atom stereocenters. The minimum atomic E-state index is -1.02. The number of fused-ring (bicyclic) bond motifs is 1. The first-order chi connectivity index (χ1) is 8.58. The molecule has 18 heavy (non-hydrogen) atoms. The molecule has 2 saturated heterocycles. The number of nitrogens with zero attached hydrogens (tertiary/aromatic N) is 1. The number of hydrogen-bond donors (Lipinski definition) is 3. The normalized spacial score (nSPS) is 29.4. The van der Waals surface area contributed by atoms with Crippen LogP contribution in [0.1, 0.15) is 32.6 Å². The number of carbonyl (C=O) groups excluding carboxylic acids is 1. The number of carbonyl (C=O) groups is 2. The maximum atomic E-state index is 11.7. The summed E-state index contributed by atoms with van der Waals surface area (Å²) < 4.78 is 0. The van der Waals surface area contributed by atoms with Crippen LogP contribution in [0.15, 0.2) is 0 Å². The van der Waals surface area contributed by atoms with Crippen LogP contribution in [-0.2, 0) is 4.79 Å². The number of hydrogen-bond acceptors (Lipinski definition) is 3. The maximum Gasteiger partial charge on any atom is 0.325 e. The topological polar surface area (TPSA) is 81.7 Å². The Morgan fingerprint density at radius 3 is 2.78 bits per heavy atom. The van der Waals surface area contributed by atoms with Crippen LogP contribution in [0.2, 0.25) is 0 Å². The van der Waals surface area contributed by atoms with Crippen LogP contribution in [0.4, 0.5) is 4.79 Å². The van der Waals surface area contributed by atoms with Crippen molar-refractivity contribution in [2.45, 2.75) is 50.7 Å². The number of urea groups is 1. The molecule has 6 heteroatoms. The van der Waals surface area contributed by atoms with Crippen molar-refractivity contribution >= 4 is 12.0 Å². The minimum absolute atomic E-state index is 0.159. The molecule has 0 aromatic carbocycles. The number of nitrogens with one attached hydrogen (secondary N) is 2. The van der Waals surface area contributed by atoms with Crippen molar-refractivity contribution in [2.75, 3.05) is 13.1 Å². The zero-order valence-electron chi connectivity index (χ0n) is 10.7. The lowest BCUT2D eigenvalue weighted by Crippen LogP contribution is -2.52. The van der Waals surface area contributed by atoms with E-state index in [-0.39, 0.29) is 12.1 Å². The smallest absolute Gasteiger partial charge is 0.325 e. The van der Waals surface area contributed by atoms with E-state index in [1.807, 2.05) is 0 Å². The van der Waals surface area contributed by atoms with E-state index in [0.29, 0.717) is 6.04 Å². The third-order valence-corrected chi connectivity index (χ3v) is 3.89. The molecule has 0 aromatic heterocycles. The van der Waals surface area contributed by atoms with Crippen LogP contribution < -0.4 is 10.6 Å². The monoisotopic (exact) mass is 255 g/mol. The Balaban J connectivity index is 1.82. The average molecular weight is 255 g/mol. The van der Waals surface area contributed by atoms with E-state index >= 15 is 0 Å². The van der Waals surface area contributed by atoms with Gasteiger partial charge < -0.3 is 15.7 Å². The van der Waals surface area contributed by atoms with Crippen LogP contribution >= 0.6 is 0 Å². The molecule has 2 fully saturated rings. The average Bonchev–Trinajstić information content (AvgIpc) is 2.72. The minimum Gasteiger partial charge on any atom is -0.480 e. The first kappa shape index (κ1) is 13.1. The van der Waals surface area contributed by atoms with Gasteiger partial charge in [0, 0.05) is 18.6 Å². The molecular formula is C12H21N3O3. The standard InChI is InChI=1S/C12H21N3O3/c1-8(11(16)17)13-12(18)14-9-5-7-15-6-3-2-4-10(9)15/h8-10H,2-7H2,1H3,(H,16,17)(H2,13,14,18)/t8-,9?,10?/m0/s1. The van der Waals surface area contributed by atoms with E-state index < -0.39 is 12.0 Å². The van der Waals surface area contributed by atoms with Crippen molar-refractivity contribution in [2.24, 2.45) is 0 Å². The Bertz CT molecular complexity index is 335. The quantitative estimate of drug-likeness (QED) is 0.681. The van der Waals surface area contributed by atoms with Crippen molar-refractivity contribution in [1.82, 2.24) is 15.5 Å². The Morgan fingerprint density at radius 2 is 2.06 bits per heavy atom. The molecule has 0 radical (unpaired) electrons. The summed E-state index contributed by atoms with van der Waals surface area (Å²) in [7, 11) is 0. The Kier molecular flexibility index (Phi) is 4.06. The summed E-state index contributed by atoms with van der Waals surface area (Å²) in [6, 6.07) is -0.632. The zero-order valence-corrected chi connectivity index (χ0v) is 10.7. The van der Waals surface area contributed by atoms with Gasteiger partial charge in [-0.15, -0.1) is 0 Å². The molecule has 0 aromatic rings. The van der Waals surface area contributed by atoms with E-state index in [0.717, 1.165) is 25.9 Å². The maximum absolute atomic E-state index is 11.7. The highest BCUT2D eigenvalue weighted by Crippen LogP contribution is 2.26. The van der Waals surface area contributed by atoms with Gasteiger partial charge in [0.15, 0.2) is 0 Å². The molecule has 6 nitrogen and oxygen atoms in total. The molecule has 0 aliphatic carbocycles. The lowest BCUT2D eigenvalue weighted by Gasteiger charge is -2.32. The third kappa shape index (κ3) is 2.93. The summed E-state index contributed by atoms with van der Waals surface area (Å²) >= 11 is 0. The van der Waals surface area contributed by atoms with E-state index in [1.165, 1.54) is 19.8 Å². The number of aliphatic carboxylic acids is 1. The Labute approximate surface area is 107 Å². The predicted molar refractivity (Wildman–Crippen MR) is 66.4 cm³/mol. The van der Waals surface area contributed by atoms with Crippen LogP contribution in [-0.4, -0.2) is 53.2 Å². The molecule has 0 spiro atoms. The largest absolute Gasteiger partial charge is 0.480 e. The summed E-state index contributed by atoms with van der Waals surface area (Å²) in [6.45, 7) is 3.61. The first-order valence-electron chi connectivity index (χ1n) is 6.62. The fourth-order valence-electron chi connectivity index (χ4n) is 2.88. The van der Waals surface area contributed by atoms with E-state index in [1.54, 1.807) is 0 Å². The number of carboxylic acid groups (broad SMARTS) is 1. The van der Waals surface area contributed by atoms with Crippen LogP contribution in [0.5, 0.6) is 0 Å². The molecule has 2 aliphatic rings. The third-order valence-electron chi connectivity index (χ3n) is 3.89. The molecule has 2 rings (SSSR count). The summed E-state index contributed by atoms with van der Waals surface area (Å²) in [5.74, 6) is -1.02. The summed E-state index contributed by atoms with van der Waals surface area (Å²) in [6.07, 6.45) is 4.54. The Hall–Kier alpha value is -1.30. The molecule has 0 saturated carbocycles. The van der Waals surface area contributed by atoms with Crippen molar-refractivity contribution < 1.29 is 14.7 Å². The van der Waals surface area contributed by atoms with Crippen LogP contribution in [0, 0.1) is 0 Å². The number of rotatable bonds is 3. The van der Waals surface area contributed by atoms with Gasteiger partial charge in [0.1, 0.15) is 6.04 Å². The first-order valence-corrected chi connectivity index (χ1v) is 6.62.